The molecular weight excluding hydrogens is 442 g/mol. The van der Waals surface area contributed by atoms with Crippen LogP contribution in [0.2, 0.25) is 0 Å². The predicted octanol–water partition coefficient (Wildman–Crippen LogP) is 3.56. The van der Waals surface area contributed by atoms with E-state index in [1.807, 2.05) is 0 Å². The van der Waals surface area contributed by atoms with E-state index in [0.29, 0.717) is 0 Å². The molecule has 33 heavy (non-hydrogen) atoms. The summed E-state index contributed by atoms with van der Waals surface area (Å²) in [5.41, 5.74) is -1.71. The molecule has 1 saturated carbocycles. The van der Waals surface area contributed by atoms with Crippen LogP contribution in [0.15, 0.2) is 59.4 Å². The van der Waals surface area contributed by atoms with Crippen LogP contribution in [0.1, 0.15) is 28.8 Å². The average Bonchev–Trinajstić information content (AvgIpc) is 3.62. The third-order valence-corrected chi connectivity index (χ3v) is 5.42. The van der Waals surface area contributed by atoms with E-state index in [2.05, 4.69) is 10.4 Å². The van der Waals surface area contributed by atoms with E-state index in [9.17, 15) is 32.3 Å². The van der Waals surface area contributed by atoms with Gasteiger partial charge in [0.25, 0.3) is 11.5 Å². The van der Waals surface area contributed by atoms with E-state index in [1.54, 1.807) is 0 Å². The Morgan fingerprint density at radius 3 is 2.42 bits per heavy atom. The minimum atomic E-state index is -4.53. The number of aromatic nitrogens is 2. The predicted molar refractivity (Wildman–Crippen MR) is 111 cm³/mol. The van der Waals surface area contributed by atoms with E-state index in [4.69, 9.17) is 0 Å². The molecule has 0 radical (unpaired) electrons. The van der Waals surface area contributed by atoms with Gasteiger partial charge in [-0.15, -0.1) is 0 Å². The lowest BCUT2D eigenvalue weighted by atomic mass is 10.1. The fraction of sp³-hybridized carbons (Fsp3) is 0.261. The molecule has 0 bridgehead atoms. The number of benzene rings is 2. The van der Waals surface area contributed by atoms with Gasteiger partial charge >= 0.3 is 6.18 Å². The van der Waals surface area contributed by atoms with Crippen molar-refractivity contribution in [3.05, 3.63) is 81.9 Å². The molecule has 0 spiro atoms. The van der Waals surface area contributed by atoms with Crippen LogP contribution in [0.25, 0.3) is 16.9 Å². The second kappa shape index (κ2) is 8.78. The van der Waals surface area contributed by atoms with Crippen LogP contribution in [-0.4, -0.2) is 33.4 Å². The highest BCUT2D eigenvalue weighted by molar-refractivity contribution is 5.95. The Bertz CT molecular complexity index is 1230. The summed E-state index contributed by atoms with van der Waals surface area (Å²) in [6, 6.07) is 9.72. The van der Waals surface area contributed by atoms with Gasteiger partial charge in [0, 0.05) is 5.56 Å². The molecule has 172 valence electrons. The van der Waals surface area contributed by atoms with Crippen molar-refractivity contribution in [1.29, 1.82) is 0 Å². The highest BCUT2D eigenvalue weighted by atomic mass is 19.4. The molecule has 1 aromatic heterocycles. The lowest BCUT2D eigenvalue weighted by molar-refractivity contribution is -0.137. The summed E-state index contributed by atoms with van der Waals surface area (Å²) in [7, 11) is 0. The fourth-order valence-electron chi connectivity index (χ4n) is 3.47. The SMILES string of the molecule is O=C(NC(CO)C1CC1)c1cc(-c2ccc(C(F)(F)F)cc2)nn(-c2cccc(F)c2)c1=O. The van der Waals surface area contributed by atoms with Gasteiger partial charge in [0.1, 0.15) is 11.4 Å². The normalized spacial score (nSPS) is 14.7. The van der Waals surface area contributed by atoms with Crippen molar-refractivity contribution in [1.82, 2.24) is 15.1 Å². The minimum absolute atomic E-state index is 0.0451. The maximum atomic E-state index is 13.8. The number of carbonyl (C=O) groups is 1. The summed E-state index contributed by atoms with van der Waals surface area (Å²) in [6.07, 6.45) is -2.85. The van der Waals surface area contributed by atoms with Gasteiger partial charge in [-0.1, -0.05) is 18.2 Å². The Kier molecular flexibility index (Phi) is 6.03. The molecule has 2 aromatic carbocycles. The first-order valence-electron chi connectivity index (χ1n) is 10.2. The van der Waals surface area contributed by atoms with Gasteiger partial charge in [0.2, 0.25) is 0 Å². The van der Waals surface area contributed by atoms with Crippen molar-refractivity contribution in [3.63, 3.8) is 0 Å². The van der Waals surface area contributed by atoms with Crippen LogP contribution in [0.5, 0.6) is 0 Å². The highest BCUT2D eigenvalue weighted by Crippen LogP contribution is 2.33. The Balaban J connectivity index is 1.81. The zero-order valence-corrected chi connectivity index (χ0v) is 17.1. The van der Waals surface area contributed by atoms with E-state index >= 15 is 0 Å². The second-order valence-electron chi connectivity index (χ2n) is 7.82. The summed E-state index contributed by atoms with van der Waals surface area (Å²) in [5.74, 6) is -1.28. The van der Waals surface area contributed by atoms with E-state index < -0.39 is 35.1 Å². The first-order valence-corrected chi connectivity index (χ1v) is 10.2. The van der Waals surface area contributed by atoms with Crippen LogP contribution in [0.3, 0.4) is 0 Å². The van der Waals surface area contributed by atoms with Gasteiger partial charge in [-0.25, -0.2) is 4.39 Å². The third kappa shape index (κ3) is 4.95. The molecule has 3 aromatic rings. The van der Waals surface area contributed by atoms with Crippen molar-refractivity contribution < 1.29 is 27.5 Å². The Morgan fingerprint density at radius 1 is 1.15 bits per heavy atom. The van der Waals surface area contributed by atoms with Gasteiger partial charge in [0.05, 0.1) is 29.6 Å². The smallest absolute Gasteiger partial charge is 0.394 e. The molecule has 1 atom stereocenters. The van der Waals surface area contributed by atoms with Crippen LogP contribution in [-0.2, 0) is 6.18 Å². The summed E-state index contributed by atoms with van der Waals surface area (Å²) >= 11 is 0. The highest BCUT2D eigenvalue weighted by Gasteiger charge is 2.33. The third-order valence-electron chi connectivity index (χ3n) is 5.42. The van der Waals surface area contributed by atoms with Crippen molar-refractivity contribution in [2.24, 2.45) is 5.92 Å². The summed E-state index contributed by atoms with van der Waals surface area (Å²) in [4.78, 5) is 26.0. The van der Waals surface area contributed by atoms with Crippen molar-refractivity contribution in [2.45, 2.75) is 25.1 Å². The number of carbonyl (C=O) groups excluding carboxylic acids is 1. The molecule has 4 rings (SSSR count). The molecule has 0 saturated heterocycles. The van der Waals surface area contributed by atoms with Crippen molar-refractivity contribution in [3.8, 4) is 16.9 Å². The Morgan fingerprint density at radius 2 is 1.85 bits per heavy atom. The second-order valence-corrected chi connectivity index (χ2v) is 7.82. The van der Waals surface area contributed by atoms with Crippen LogP contribution < -0.4 is 10.9 Å². The first kappa shape index (κ1) is 22.7. The molecule has 0 aliphatic heterocycles. The Hall–Kier alpha value is -3.53. The summed E-state index contributed by atoms with van der Waals surface area (Å²) in [6.45, 7) is -0.300. The van der Waals surface area contributed by atoms with Gasteiger partial charge < -0.3 is 10.4 Å². The monoisotopic (exact) mass is 461 g/mol. The standard InChI is InChI=1S/C23H19F4N3O3/c24-16-2-1-3-17(10-16)30-22(33)18(21(32)28-20(12-31)14-4-5-14)11-19(29-30)13-6-8-15(9-7-13)23(25,26)27/h1-3,6-11,14,20,31H,4-5,12H2,(H,28,32). The van der Waals surface area contributed by atoms with Gasteiger partial charge in [-0.2, -0.15) is 23.0 Å². The minimum Gasteiger partial charge on any atom is -0.394 e. The number of halogens is 4. The molecule has 6 nitrogen and oxygen atoms in total. The molecule has 1 aliphatic carbocycles. The summed E-state index contributed by atoms with van der Waals surface area (Å²) in [5, 5.41) is 16.3. The molecule has 1 heterocycles. The number of hydrogen-bond donors (Lipinski definition) is 2. The number of nitrogens with zero attached hydrogens (tertiary/aromatic N) is 2. The van der Waals surface area contributed by atoms with E-state index in [-0.39, 0.29) is 35.0 Å². The number of aliphatic hydroxyl groups excluding tert-OH is 1. The number of alkyl halides is 3. The molecule has 1 fully saturated rings. The van der Waals surface area contributed by atoms with Gasteiger partial charge in [0.15, 0.2) is 0 Å². The molecule has 1 amide bonds. The quantitative estimate of drug-likeness (QED) is 0.550. The van der Waals surface area contributed by atoms with Gasteiger partial charge in [-0.3, -0.25) is 9.59 Å². The lowest BCUT2D eigenvalue weighted by Crippen LogP contribution is -2.42. The number of amides is 1. The van der Waals surface area contributed by atoms with Crippen molar-refractivity contribution in [2.75, 3.05) is 6.61 Å². The zero-order chi connectivity index (χ0) is 23.8. The largest absolute Gasteiger partial charge is 0.416 e. The van der Waals surface area contributed by atoms with Crippen LogP contribution >= 0.6 is 0 Å². The molecule has 10 heteroatoms. The molecule has 1 aliphatic rings. The number of nitrogens with one attached hydrogen (secondary N) is 1. The number of aliphatic hydroxyl groups is 1. The topological polar surface area (TPSA) is 84.2 Å². The molecular formula is C23H19F4N3O3. The van der Waals surface area contributed by atoms with Crippen LogP contribution in [0.4, 0.5) is 17.6 Å². The molecule has 2 N–H and O–H groups in total. The summed E-state index contributed by atoms with van der Waals surface area (Å²) < 4.78 is 53.4. The molecule has 1 unspecified atom stereocenters. The maximum Gasteiger partial charge on any atom is 0.416 e. The van der Waals surface area contributed by atoms with E-state index in [0.717, 1.165) is 35.7 Å². The fourth-order valence-corrected chi connectivity index (χ4v) is 3.47. The van der Waals surface area contributed by atoms with Crippen LogP contribution in [0, 0.1) is 11.7 Å². The first-order chi connectivity index (χ1) is 15.7. The van der Waals surface area contributed by atoms with E-state index in [1.165, 1.54) is 36.4 Å². The zero-order valence-electron chi connectivity index (χ0n) is 17.1. The maximum absolute atomic E-state index is 13.8. The van der Waals surface area contributed by atoms with Crippen molar-refractivity contribution >= 4 is 5.91 Å². The number of hydrogen-bond acceptors (Lipinski definition) is 4. The Labute approximate surface area is 185 Å². The lowest BCUT2D eigenvalue weighted by Gasteiger charge is -2.16. The number of rotatable bonds is 6. The van der Waals surface area contributed by atoms with Gasteiger partial charge in [-0.05, 0) is 55.2 Å². The average molecular weight is 461 g/mol.